The van der Waals surface area contributed by atoms with Gasteiger partial charge in [0.2, 0.25) is 0 Å². The molecule has 0 aliphatic rings. The van der Waals surface area contributed by atoms with Gasteiger partial charge in [-0.05, 0) is 144 Å². The fourth-order valence-corrected chi connectivity index (χ4v) is 11.0. The van der Waals surface area contributed by atoms with E-state index in [1.807, 2.05) is 24.3 Å². The van der Waals surface area contributed by atoms with Crippen LogP contribution >= 0.6 is 0 Å². The van der Waals surface area contributed by atoms with Gasteiger partial charge in [0.05, 0.1) is 39.0 Å². The third kappa shape index (κ3) is 5.92. The Labute approximate surface area is 382 Å². The van der Waals surface area contributed by atoms with E-state index in [1.54, 1.807) is 24.3 Å². The van der Waals surface area contributed by atoms with Crippen molar-refractivity contribution in [3.05, 3.63) is 215 Å². The van der Waals surface area contributed by atoms with Gasteiger partial charge in [0.25, 0.3) is 0 Å². The molecule has 0 spiro atoms. The molecule has 0 bridgehead atoms. The highest BCUT2D eigenvalue weighted by Crippen LogP contribution is 2.52. The van der Waals surface area contributed by atoms with E-state index < -0.39 is 5.54 Å². The van der Waals surface area contributed by atoms with Gasteiger partial charge in [-0.3, -0.25) is 0 Å². The molecule has 0 fully saturated rings. The molecule has 66 heavy (non-hydrogen) atoms. The number of fused-ring (bicyclic) bond motifs is 9. The van der Waals surface area contributed by atoms with Crippen LogP contribution < -0.4 is 0 Å². The predicted molar refractivity (Wildman–Crippen MR) is 273 cm³/mol. The zero-order valence-electron chi connectivity index (χ0n) is 37.8. The molecule has 0 N–H and O–H groups in total. The second-order valence-electron chi connectivity index (χ2n) is 18.7. The molecule has 3 nitrogen and oxygen atoms in total. The quantitative estimate of drug-likeness (QED) is 0.158. The van der Waals surface area contributed by atoms with Crippen LogP contribution in [0.25, 0.3) is 99.0 Å². The number of hydrogen-bond acceptors (Lipinski definition) is 0. The number of halogens is 2. The summed E-state index contributed by atoms with van der Waals surface area (Å²) in [6.07, 6.45) is 0. The van der Waals surface area contributed by atoms with Crippen molar-refractivity contribution < 1.29 is 8.78 Å². The van der Waals surface area contributed by atoms with Crippen molar-refractivity contribution in [1.82, 2.24) is 13.7 Å². The summed E-state index contributed by atoms with van der Waals surface area (Å²) in [5.74, 6) is -0.611. The molecule has 12 rings (SSSR count). The average Bonchev–Trinajstić information content (AvgIpc) is 3.93. The molecule has 0 radical (unpaired) electrons. The van der Waals surface area contributed by atoms with Crippen LogP contribution in [0, 0.1) is 39.3 Å². The second-order valence-corrected chi connectivity index (χ2v) is 18.7. The number of aromatic nitrogens is 3. The Morgan fingerprint density at radius 3 is 1.03 bits per heavy atom. The molecule has 12 aromatic rings. The minimum absolute atomic E-state index is 0.305. The van der Waals surface area contributed by atoms with Crippen LogP contribution in [0.2, 0.25) is 0 Å². The standard InChI is InChI=1S/C61H47F2N3/c1-36-15-27-52-48(31-36)49-32-37(2)16-28-53(49)64(52)59-46(40-19-23-42(62)24-20-40)35-47(41-21-25-43(63)26-22-41)60(65-54-29-17-38(3)33-50(54)51-34-39(4)18-30-55(51)65)58(59)61(5,6)66-56-13-9-7-11-44(56)45-12-8-10-14-57(45)66/h7-35H,1-6H3. The fourth-order valence-electron chi connectivity index (χ4n) is 11.0. The van der Waals surface area contributed by atoms with Crippen molar-refractivity contribution in [3.8, 4) is 33.6 Å². The lowest BCUT2D eigenvalue weighted by molar-refractivity contribution is 0.462. The molecule has 9 aromatic carbocycles. The highest BCUT2D eigenvalue weighted by atomic mass is 19.1. The van der Waals surface area contributed by atoms with E-state index in [1.165, 1.54) is 33.0 Å². The molecule has 5 heteroatoms. The van der Waals surface area contributed by atoms with Crippen LogP contribution in [0.15, 0.2) is 176 Å². The van der Waals surface area contributed by atoms with Gasteiger partial charge in [-0.2, -0.15) is 0 Å². The second kappa shape index (κ2) is 14.6. The third-order valence-corrected chi connectivity index (χ3v) is 13.9. The summed E-state index contributed by atoms with van der Waals surface area (Å²) in [5.41, 5.74) is 17.0. The highest BCUT2D eigenvalue weighted by Gasteiger charge is 2.38. The van der Waals surface area contributed by atoms with Gasteiger partial charge in [-0.25, -0.2) is 8.78 Å². The first kappa shape index (κ1) is 39.8. The van der Waals surface area contributed by atoms with E-state index >= 15 is 8.78 Å². The maximum atomic E-state index is 15.2. The highest BCUT2D eigenvalue weighted by molar-refractivity contribution is 6.14. The lowest BCUT2D eigenvalue weighted by Crippen LogP contribution is -2.31. The van der Waals surface area contributed by atoms with Crippen molar-refractivity contribution in [1.29, 1.82) is 0 Å². The topological polar surface area (TPSA) is 14.8 Å². The van der Waals surface area contributed by atoms with Gasteiger partial charge >= 0.3 is 0 Å². The lowest BCUT2D eigenvalue weighted by Gasteiger charge is -2.37. The summed E-state index contributed by atoms with van der Waals surface area (Å²) in [4.78, 5) is 0. The Balaban J connectivity index is 1.41. The monoisotopic (exact) mass is 859 g/mol. The van der Waals surface area contributed by atoms with E-state index in [2.05, 4.69) is 183 Å². The first-order valence-corrected chi connectivity index (χ1v) is 22.7. The summed E-state index contributed by atoms with van der Waals surface area (Å²) in [6, 6.07) is 60.5. The Kier molecular flexibility index (Phi) is 8.82. The maximum absolute atomic E-state index is 15.2. The van der Waals surface area contributed by atoms with Gasteiger partial charge in [-0.15, -0.1) is 0 Å². The van der Waals surface area contributed by atoms with Crippen LogP contribution in [-0.2, 0) is 5.54 Å². The van der Waals surface area contributed by atoms with Crippen molar-refractivity contribution in [2.45, 2.75) is 47.1 Å². The molecular weight excluding hydrogens is 813 g/mol. The van der Waals surface area contributed by atoms with Gasteiger partial charge < -0.3 is 13.7 Å². The molecule has 0 saturated carbocycles. The van der Waals surface area contributed by atoms with Gasteiger partial charge in [0.1, 0.15) is 11.6 Å². The summed E-state index contributed by atoms with van der Waals surface area (Å²) in [7, 11) is 0. The Bertz CT molecular complexity index is 3590. The van der Waals surface area contributed by atoms with Gasteiger partial charge in [-0.1, -0.05) is 107 Å². The summed E-state index contributed by atoms with van der Waals surface area (Å²) < 4.78 is 37.8. The molecule has 0 saturated heterocycles. The van der Waals surface area contributed by atoms with E-state index in [9.17, 15) is 0 Å². The Morgan fingerprint density at radius 2 is 0.682 bits per heavy atom. The minimum atomic E-state index is -0.825. The molecule has 3 heterocycles. The maximum Gasteiger partial charge on any atom is 0.123 e. The van der Waals surface area contributed by atoms with E-state index in [0.29, 0.717) is 0 Å². The molecular formula is C61H47F2N3. The molecule has 320 valence electrons. The zero-order chi connectivity index (χ0) is 45.2. The Morgan fingerprint density at radius 1 is 0.348 bits per heavy atom. The van der Waals surface area contributed by atoms with Crippen LogP contribution in [-0.4, -0.2) is 13.7 Å². The molecule has 0 aliphatic carbocycles. The lowest BCUT2D eigenvalue weighted by atomic mass is 9.82. The largest absolute Gasteiger partial charge is 0.330 e. The van der Waals surface area contributed by atoms with E-state index in [4.69, 9.17) is 0 Å². The van der Waals surface area contributed by atoms with Crippen molar-refractivity contribution in [2.75, 3.05) is 0 Å². The zero-order valence-corrected chi connectivity index (χ0v) is 37.8. The number of nitrogens with zero attached hydrogens (tertiary/aromatic N) is 3. The van der Waals surface area contributed by atoms with Crippen LogP contribution in [0.1, 0.15) is 41.7 Å². The van der Waals surface area contributed by atoms with Crippen LogP contribution in [0.4, 0.5) is 8.78 Å². The van der Waals surface area contributed by atoms with E-state index in [0.717, 1.165) is 93.8 Å². The third-order valence-electron chi connectivity index (χ3n) is 13.9. The molecule has 0 amide bonds. The Hall–Kier alpha value is -7.76. The van der Waals surface area contributed by atoms with Crippen LogP contribution in [0.3, 0.4) is 0 Å². The number of hydrogen-bond donors (Lipinski definition) is 0. The smallest absolute Gasteiger partial charge is 0.123 e. The summed E-state index contributed by atoms with van der Waals surface area (Å²) in [6.45, 7) is 13.3. The number of para-hydroxylation sites is 2. The predicted octanol–water partition coefficient (Wildman–Crippen LogP) is 16.6. The van der Waals surface area contributed by atoms with Crippen molar-refractivity contribution in [3.63, 3.8) is 0 Å². The minimum Gasteiger partial charge on any atom is -0.330 e. The summed E-state index contributed by atoms with van der Waals surface area (Å²) >= 11 is 0. The van der Waals surface area contributed by atoms with E-state index in [-0.39, 0.29) is 11.6 Å². The van der Waals surface area contributed by atoms with Gasteiger partial charge in [0.15, 0.2) is 0 Å². The summed E-state index contributed by atoms with van der Waals surface area (Å²) in [5, 5.41) is 6.97. The molecule has 0 aliphatic heterocycles. The first-order chi connectivity index (χ1) is 32.0. The van der Waals surface area contributed by atoms with Crippen molar-refractivity contribution >= 4 is 65.4 Å². The number of benzene rings is 9. The van der Waals surface area contributed by atoms with Gasteiger partial charge in [0, 0.05) is 60.0 Å². The van der Waals surface area contributed by atoms with Crippen molar-refractivity contribution in [2.24, 2.45) is 0 Å². The number of rotatable bonds is 6. The molecule has 3 aromatic heterocycles. The number of aryl methyl sites for hydroxylation is 4. The molecule has 0 atom stereocenters. The first-order valence-electron chi connectivity index (χ1n) is 22.7. The fraction of sp³-hybridized carbons (Fsp3) is 0.115. The average molecular weight is 860 g/mol. The SMILES string of the molecule is Cc1ccc2c(c1)c1cc(C)ccc1n2-c1c(-c2ccc(F)cc2)cc(-c2ccc(F)cc2)c(-n2c3ccc(C)cc3c3cc(C)ccc32)c1C(C)(C)n1c2ccccc2c2ccccc21. The normalized spacial score (nSPS) is 12.2. The molecule has 0 unspecified atom stereocenters. The van der Waals surface area contributed by atoms with Crippen LogP contribution in [0.5, 0.6) is 0 Å².